The average molecular weight is 373 g/mol. The van der Waals surface area contributed by atoms with Crippen LogP contribution in [0.2, 0.25) is 0 Å². The summed E-state index contributed by atoms with van der Waals surface area (Å²) >= 11 is 0. The molecule has 0 aromatic heterocycles. The molecular formula is C20H27N3O4. The van der Waals surface area contributed by atoms with Crippen molar-refractivity contribution in [3.63, 3.8) is 0 Å². The van der Waals surface area contributed by atoms with Crippen LogP contribution in [0, 0.1) is 11.8 Å². The summed E-state index contributed by atoms with van der Waals surface area (Å²) in [6, 6.07) is -0.634. The van der Waals surface area contributed by atoms with Gasteiger partial charge in [-0.15, -0.1) is 6.58 Å². The lowest BCUT2D eigenvalue weighted by Crippen LogP contribution is -2.56. The molecule has 3 heterocycles. The number of fused-ring (bicyclic) bond motifs is 1. The Bertz CT molecular complexity index is 699. The normalized spacial score (nSPS) is 37.4. The zero-order chi connectivity index (χ0) is 19.2. The van der Waals surface area contributed by atoms with Gasteiger partial charge >= 0.3 is 0 Å². The minimum absolute atomic E-state index is 0.139. The van der Waals surface area contributed by atoms with E-state index in [1.807, 2.05) is 12.2 Å². The molecule has 2 bridgehead atoms. The second-order valence-corrected chi connectivity index (χ2v) is 7.94. The predicted octanol–water partition coefficient (Wildman–Crippen LogP) is 0.518. The summed E-state index contributed by atoms with van der Waals surface area (Å²) in [6.45, 7) is 3.98. The number of hydrogen-bond acceptors (Lipinski definition) is 4. The van der Waals surface area contributed by atoms with E-state index >= 15 is 0 Å². The number of rotatable bonds is 5. The molecule has 4 rings (SSSR count). The highest BCUT2D eigenvalue weighted by molar-refractivity contribution is 5.99. The van der Waals surface area contributed by atoms with Gasteiger partial charge in [-0.1, -0.05) is 37.5 Å². The Balaban J connectivity index is 1.66. The van der Waals surface area contributed by atoms with Gasteiger partial charge in [-0.2, -0.15) is 0 Å². The number of hydrogen-bond donors (Lipinski definition) is 2. The minimum Gasteiger partial charge on any atom is -0.359 e. The molecule has 27 heavy (non-hydrogen) atoms. The molecule has 7 nitrogen and oxygen atoms in total. The molecule has 2 N–H and O–H groups in total. The van der Waals surface area contributed by atoms with Crippen molar-refractivity contribution in [2.75, 3.05) is 13.6 Å². The molecule has 0 radical (unpaired) electrons. The van der Waals surface area contributed by atoms with E-state index in [0.29, 0.717) is 0 Å². The number of nitrogens with zero attached hydrogens (tertiary/aromatic N) is 1. The van der Waals surface area contributed by atoms with E-state index in [2.05, 4.69) is 17.2 Å². The Hall–Kier alpha value is -2.15. The highest BCUT2D eigenvalue weighted by atomic mass is 16.5. The summed E-state index contributed by atoms with van der Waals surface area (Å²) in [5.74, 6) is -1.90. The number of amides is 3. The van der Waals surface area contributed by atoms with Gasteiger partial charge in [0.25, 0.3) is 0 Å². The molecule has 3 amide bonds. The molecule has 1 aliphatic carbocycles. The summed E-state index contributed by atoms with van der Waals surface area (Å²) in [7, 11) is 1.55. The van der Waals surface area contributed by atoms with E-state index in [9.17, 15) is 14.4 Å². The van der Waals surface area contributed by atoms with Gasteiger partial charge in [0.15, 0.2) is 0 Å². The third kappa shape index (κ3) is 2.63. The number of likely N-dealkylation sites (tertiary alicyclic amines) is 1. The fourth-order valence-corrected chi connectivity index (χ4v) is 5.30. The third-order valence-corrected chi connectivity index (χ3v) is 6.45. The zero-order valence-corrected chi connectivity index (χ0v) is 15.6. The molecule has 3 fully saturated rings. The monoisotopic (exact) mass is 373 g/mol. The lowest BCUT2D eigenvalue weighted by atomic mass is 9.74. The van der Waals surface area contributed by atoms with Gasteiger partial charge in [-0.25, -0.2) is 0 Å². The maximum atomic E-state index is 13.3. The number of carbonyl (C=O) groups is 3. The van der Waals surface area contributed by atoms with Crippen molar-refractivity contribution in [3.05, 3.63) is 24.8 Å². The summed E-state index contributed by atoms with van der Waals surface area (Å²) < 4.78 is 6.16. The first-order valence-electron chi connectivity index (χ1n) is 9.84. The van der Waals surface area contributed by atoms with Crippen LogP contribution >= 0.6 is 0 Å². The van der Waals surface area contributed by atoms with Crippen LogP contribution in [-0.2, 0) is 19.1 Å². The van der Waals surface area contributed by atoms with Gasteiger partial charge < -0.3 is 20.3 Å². The van der Waals surface area contributed by atoms with E-state index in [0.717, 1.165) is 25.7 Å². The number of carbonyl (C=O) groups excluding carboxylic acids is 3. The lowest BCUT2D eigenvalue weighted by molar-refractivity contribution is -0.141. The summed E-state index contributed by atoms with van der Waals surface area (Å²) in [4.78, 5) is 40.4. The molecule has 5 atom stereocenters. The van der Waals surface area contributed by atoms with Crippen LogP contribution in [-0.4, -0.2) is 60.0 Å². The summed E-state index contributed by atoms with van der Waals surface area (Å²) in [6.07, 6.45) is 10.1. The molecule has 3 aliphatic heterocycles. The van der Waals surface area contributed by atoms with Crippen molar-refractivity contribution in [3.8, 4) is 0 Å². The Labute approximate surface area is 159 Å². The molecule has 4 aliphatic rings. The van der Waals surface area contributed by atoms with Gasteiger partial charge in [0.2, 0.25) is 17.7 Å². The molecule has 0 unspecified atom stereocenters. The Morgan fingerprint density at radius 3 is 2.74 bits per heavy atom. The van der Waals surface area contributed by atoms with Crippen molar-refractivity contribution < 1.29 is 19.1 Å². The maximum absolute atomic E-state index is 13.3. The largest absolute Gasteiger partial charge is 0.359 e. The molecule has 0 aromatic carbocycles. The van der Waals surface area contributed by atoms with Crippen LogP contribution in [0.15, 0.2) is 24.8 Å². The van der Waals surface area contributed by atoms with Crippen LogP contribution in [0.25, 0.3) is 0 Å². The van der Waals surface area contributed by atoms with Crippen LogP contribution in [0.4, 0.5) is 0 Å². The second-order valence-electron chi connectivity index (χ2n) is 7.94. The molecule has 146 valence electrons. The van der Waals surface area contributed by atoms with Gasteiger partial charge in [-0.05, 0) is 12.8 Å². The van der Waals surface area contributed by atoms with Crippen LogP contribution in [0.1, 0.15) is 32.1 Å². The minimum atomic E-state index is -1.07. The average Bonchev–Trinajstić information content (AvgIpc) is 3.30. The Morgan fingerprint density at radius 1 is 1.33 bits per heavy atom. The first-order valence-corrected chi connectivity index (χ1v) is 9.84. The smallest absolute Gasteiger partial charge is 0.246 e. The van der Waals surface area contributed by atoms with Gasteiger partial charge in [0.05, 0.1) is 17.9 Å². The Kier molecular flexibility index (Phi) is 4.58. The number of ether oxygens (including phenoxy) is 1. The van der Waals surface area contributed by atoms with Gasteiger partial charge in [0, 0.05) is 19.6 Å². The van der Waals surface area contributed by atoms with Crippen molar-refractivity contribution in [2.45, 2.75) is 55.9 Å². The first kappa shape index (κ1) is 18.2. The SMILES string of the molecule is C=CCN1C(=O)[C@@H]2[C@@H](C(=O)NC)[C@H]3C=C[C@@]2(O3)[C@H]1C(=O)NC1CCCCC1. The van der Waals surface area contributed by atoms with Crippen molar-refractivity contribution in [1.82, 2.24) is 15.5 Å². The lowest BCUT2D eigenvalue weighted by Gasteiger charge is -2.33. The van der Waals surface area contributed by atoms with Crippen LogP contribution in [0.5, 0.6) is 0 Å². The highest BCUT2D eigenvalue weighted by Crippen LogP contribution is 2.55. The predicted molar refractivity (Wildman–Crippen MR) is 98.5 cm³/mol. The van der Waals surface area contributed by atoms with Crippen molar-refractivity contribution in [2.24, 2.45) is 11.8 Å². The van der Waals surface area contributed by atoms with Crippen molar-refractivity contribution in [1.29, 1.82) is 0 Å². The van der Waals surface area contributed by atoms with E-state index in [-0.39, 0.29) is 30.3 Å². The van der Waals surface area contributed by atoms with E-state index in [1.54, 1.807) is 13.1 Å². The fraction of sp³-hybridized carbons (Fsp3) is 0.650. The topological polar surface area (TPSA) is 87.7 Å². The van der Waals surface area contributed by atoms with E-state index in [1.165, 1.54) is 11.3 Å². The molecular weight excluding hydrogens is 346 g/mol. The van der Waals surface area contributed by atoms with Gasteiger partial charge in [0.1, 0.15) is 11.6 Å². The molecule has 1 spiro atoms. The van der Waals surface area contributed by atoms with Crippen molar-refractivity contribution >= 4 is 17.7 Å². The molecule has 1 saturated carbocycles. The maximum Gasteiger partial charge on any atom is 0.246 e. The van der Waals surface area contributed by atoms with Gasteiger partial charge in [-0.3, -0.25) is 14.4 Å². The first-order chi connectivity index (χ1) is 13.0. The van der Waals surface area contributed by atoms with Crippen LogP contribution in [0.3, 0.4) is 0 Å². The molecule has 2 saturated heterocycles. The fourth-order valence-electron chi connectivity index (χ4n) is 5.30. The number of nitrogens with one attached hydrogen (secondary N) is 2. The van der Waals surface area contributed by atoms with E-state index < -0.39 is 29.6 Å². The summed E-state index contributed by atoms with van der Waals surface area (Å²) in [5, 5.41) is 5.77. The van der Waals surface area contributed by atoms with E-state index in [4.69, 9.17) is 4.74 Å². The quantitative estimate of drug-likeness (QED) is 0.688. The zero-order valence-electron chi connectivity index (χ0n) is 15.6. The molecule has 7 heteroatoms. The highest BCUT2D eigenvalue weighted by Gasteiger charge is 2.72. The summed E-state index contributed by atoms with van der Waals surface area (Å²) in [5.41, 5.74) is -1.07. The molecule has 0 aromatic rings. The Morgan fingerprint density at radius 2 is 2.07 bits per heavy atom. The second kappa shape index (κ2) is 6.78. The van der Waals surface area contributed by atoms with Crippen LogP contribution < -0.4 is 10.6 Å². The standard InChI is InChI=1S/C20H27N3O4/c1-3-11-23-16(18(25)22-12-7-5-4-6-8-12)20-10-9-13(27-20)14(17(24)21-2)15(20)19(23)26/h3,9-10,12-16H,1,4-8,11H2,2H3,(H,21,24)(H,22,25)/t13-,14+,15+,16-,20+/m1/s1. The third-order valence-electron chi connectivity index (χ3n) is 6.45.